The number of nitrogens with zero attached hydrogens (tertiary/aromatic N) is 2. The highest BCUT2D eigenvalue weighted by molar-refractivity contribution is 7.89. The molecule has 0 atom stereocenters. The summed E-state index contributed by atoms with van der Waals surface area (Å²) in [7, 11) is -3.71. The number of carbonyl (C=O) groups excluding carboxylic acids is 1. The number of aryl methyl sites for hydroxylation is 1. The molecule has 9 heteroatoms. The van der Waals surface area contributed by atoms with Crippen molar-refractivity contribution in [3.63, 3.8) is 0 Å². The van der Waals surface area contributed by atoms with Gasteiger partial charge in [-0.1, -0.05) is 42.5 Å². The molecule has 0 fully saturated rings. The number of rotatable bonds is 10. The van der Waals surface area contributed by atoms with Gasteiger partial charge in [0, 0.05) is 18.3 Å². The second-order valence-corrected chi connectivity index (χ2v) is 9.90. The van der Waals surface area contributed by atoms with E-state index in [1.807, 2.05) is 42.5 Å². The number of benzene rings is 3. The Morgan fingerprint density at radius 3 is 2.33 bits per heavy atom. The van der Waals surface area contributed by atoms with Crippen LogP contribution in [0.5, 0.6) is 5.75 Å². The van der Waals surface area contributed by atoms with Crippen LogP contribution in [0.2, 0.25) is 0 Å². The van der Waals surface area contributed by atoms with E-state index in [0.29, 0.717) is 18.0 Å². The SMILES string of the molecule is NS(=O)(=O)c1ccc(COc2ccc(-c3cn(C(=O)NCCCCc4ccccc4)cn3)cc2)cc1. The first-order chi connectivity index (χ1) is 17.4. The number of ether oxygens (including phenoxy) is 1. The normalized spacial score (nSPS) is 11.2. The Morgan fingerprint density at radius 1 is 0.917 bits per heavy atom. The number of unbranched alkanes of at least 4 members (excludes halogenated alkanes) is 1. The molecule has 186 valence electrons. The monoisotopic (exact) mass is 504 g/mol. The third-order valence-electron chi connectivity index (χ3n) is 5.64. The van der Waals surface area contributed by atoms with Gasteiger partial charge in [-0.15, -0.1) is 0 Å². The molecule has 0 aliphatic carbocycles. The zero-order chi connectivity index (χ0) is 25.4. The zero-order valence-corrected chi connectivity index (χ0v) is 20.5. The van der Waals surface area contributed by atoms with Crippen molar-refractivity contribution in [3.05, 3.63) is 103 Å². The molecule has 0 aliphatic heterocycles. The summed E-state index contributed by atoms with van der Waals surface area (Å²) in [6, 6.07) is 23.7. The summed E-state index contributed by atoms with van der Waals surface area (Å²) in [6.45, 7) is 0.889. The maximum Gasteiger partial charge on any atom is 0.326 e. The largest absolute Gasteiger partial charge is 0.489 e. The molecule has 3 N–H and O–H groups in total. The van der Waals surface area contributed by atoms with Gasteiger partial charge >= 0.3 is 6.03 Å². The number of primary sulfonamides is 1. The molecule has 0 unspecified atom stereocenters. The van der Waals surface area contributed by atoms with E-state index in [1.165, 1.54) is 28.6 Å². The van der Waals surface area contributed by atoms with Crippen molar-refractivity contribution in [1.82, 2.24) is 14.9 Å². The Hall–Kier alpha value is -3.95. The lowest BCUT2D eigenvalue weighted by Gasteiger charge is -2.07. The van der Waals surface area contributed by atoms with Gasteiger partial charge in [0.15, 0.2) is 0 Å². The van der Waals surface area contributed by atoms with Gasteiger partial charge in [-0.3, -0.25) is 4.57 Å². The Balaban J connectivity index is 1.24. The fourth-order valence-electron chi connectivity index (χ4n) is 3.63. The van der Waals surface area contributed by atoms with E-state index >= 15 is 0 Å². The third-order valence-corrected chi connectivity index (χ3v) is 6.57. The van der Waals surface area contributed by atoms with Gasteiger partial charge in [0.2, 0.25) is 10.0 Å². The Labute approximate surface area is 210 Å². The molecular weight excluding hydrogens is 476 g/mol. The number of amides is 1. The summed E-state index contributed by atoms with van der Waals surface area (Å²) in [5.41, 5.74) is 3.66. The Morgan fingerprint density at radius 2 is 1.64 bits per heavy atom. The lowest BCUT2D eigenvalue weighted by Crippen LogP contribution is -2.28. The molecule has 0 saturated carbocycles. The van der Waals surface area contributed by atoms with Crippen LogP contribution in [-0.4, -0.2) is 30.5 Å². The van der Waals surface area contributed by atoms with Crippen LogP contribution in [-0.2, 0) is 23.1 Å². The molecule has 3 aromatic carbocycles. The van der Waals surface area contributed by atoms with Crippen LogP contribution in [0, 0.1) is 0 Å². The predicted octanol–water partition coefficient (Wildman–Crippen LogP) is 4.36. The van der Waals surface area contributed by atoms with Crippen molar-refractivity contribution in [2.75, 3.05) is 6.54 Å². The van der Waals surface area contributed by atoms with Crippen molar-refractivity contribution in [2.24, 2.45) is 5.14 Å². The van der Waals surface area contributed by atoms with Gasteiger partial charge in [-0.2, -0.15) is 0 Å². The lowest BCUT2D eigenvalue weighted by atomic mass is 10.1. The molecular formula is C27H28N4O4S. The molecule has 36 heavy (non-hydrogen) atoms. The van der Waals surface area contributed by atoms with Crippen LogP contribution >= 0.6 is 0 Å². The first kappa shape index (κ1) is 25.2. The molecule has 1 amide bonds. The number of nitrogens with one attached hydrogen (secondary N) is 1. The van der Waals surface area contributed by atoms with Gasteiger partial charge < -0.3 is 10.1 Å². The smallest absolute Gasteiger partial charge is 0.326 e. The fraction of sp³-hybridized carbons (Fsp3) is 0.185. The van der Waals surface area contributed by atoms with Gasteiger partial charge in [0.25, 0.3) is 0 Å². The molecule has 8 nitrogen and oxygen atoms in total. The van der Waals surface area contributed by atoms with Crippen LogP contribution < -0.4 is 15.2 Å². The van der Waals surface area contributed by atoms with Crippen LogP contribution in [0.25, 0.3) is 11.3 Å². The molecule has 4 rings (SSSR count). The molecule has 0 spiro atoms. The average Bonchev–Trinajstić information content (AvgIpc) is 3.38. The second kappa shape index (κ2) is 11.7. The third kappa shape index (κ3) is 7.03. The standard InChI is InChI=1S/C27H28N4O4S/c28-36(33,34)25-15-9-22(10-16-25)19-35-24-13-11-23(12-14-24)26-18-31(20-30-26)27(32)29-17-5-4-8-21-6-2-1-3-7-21/h1-3,6-7,9-16,18,20H,4-5,8,17,19H2,(H,29,32)(H2,28,33,34). The Bertz CT molecular complexity index is 1380. The highest BCUT2D eigenvalue weighted by Crippen LogP contribution is 2.22. The summed E-state index contributed by atoms with van der Waals surface area (Å²) in [5, 5.41) is 8.04. The number of aromatic nitrogens is 2. The maximum absolute atomic E-state index is 12.4. The van der Waals surface area contributed by atoms with E-state index in [-0.39, 0.29) is 17.5 Å². The van der Waals surface area contributed by atoms with E-state index in [0.717, 1.165) is 30.4 Å². The molecule has 0 bridgehead atoms. The fourth-order valence-corrected chi connectivity index (χ4v) is 4.15. The van der Waals surface area contributed by atoms with Crippen LogP contribution in [0.15, 0.2) is 96.3 Å². The first-order valence-electron chi connectivity index (χ1n) is 11.6. The zero-order valence-electron chi connectivity index (χ0n) is 19.7. The topological polar surface area (TPSA) is 116 Å². The number of sulfonamides is 1. The molecule has 0 radical (unpaired) electrons. The molecule has 1 aromatic heterocycles. The highest BCUT2D eigenvalue weighted by atomic mass is 32.2. The van der Waals surface area contributed by atoms with Crippen molar-refractivity contribution in [2.45, 2.75) is 30.8 Å². The van der Waals surface area contributed by atoms with E-state index in [2.05, 4.69) is 22.4 Å². The predicted molar refractivity (Wildman–Crippen MR) is 138 cm³/mol. The summed E-state index contributed by atoms with van der Waals surface area (Å²) >= 11 is 0. The van der Waals surface area contributed by atoms with Gasteiger partial charge in [0.05, 0.1) is 10.6 Å². The second-order valence-electron chi connectivity index (χ2n) is 8.34. The van der Waals surface area contributed by atoms with Gasteiger partial charge in [-0.25, -0.2) is 23.3 Å². The molecule has 4 aromatic rings. The van der Waals surface area contributed by atoms with E-state index in [9.17, 15) is 13.2 Å². The quantitative estimate of drug-likeness (QED) is 0.311. The number of imidazole rings is 1. The summed E-state index contributed by atoms with van der Waals surface area (Å²) in [6.07, 6.45) is 6.11. The van der Waals surface area contributed by atoms with Crippen molar-refractivity contribution in [3.8, 4) is 17.0 Å². The summed E-state index contributed by atoms with van der Waals surface area (Å²) in [5.74, 6) is 0.655. The number of nitrogens with two attached hydrogens (primary N) is 1. The number of carbonyl (C=O) groups is 1. The minimum Gasteiger partial charge on any atom is -0.489 e. The number of hydrogen-bond donors (Lipinski definition) is 2. The number of hydrogen-bond acceptors (Lipinski definition) is 5. The van der Waals surface area contributed by atoms with Crippen LogP contribution in [0.3, 0.4) is 0 Å². The average molecular weight is 505 g/mol. The van der Waals surface area contributed by atoms with Crippen LogP contribution in [0.4, 0.5) is 4.79 Å². The molecule has 1 heterocycles. The summed E-state index contributed by atoms with van der Waals surface area (Å²) in [4.78, 5) is 16.8. The molecule has 0 saturated heterocycles. The van der Waals surface area contributed by atoms with Gasteiger partial charge in [0.1, 0.15) is 18.7 Å². The minimum atomic E-state index is -3.71. The first-order valence-corrected chi connectivity index (χ1v) is 13.1. The van der Waals surface area contributed by atoms with Crippen molar-refractivity contribution in [1.29, 1.82) is 0 Å². The van der Waals surface area contributed by atoms with E-state index in [4.69, 9.17) is 9.88 Å². The highest BCUT2D eigenvalue weighted by Gasteiger charge is 2.09. The Kier molecular flexibility index (Phi) is 8.14. The maximum atomic E-state index is 12.4. The van der Waals surface area contributed by atoms with Gasteiger partial charge in [-0.05, 0) is 66.8 Å². The van der Waals surface area contributed by atoms with Crippen molar-refractivity contribution < 1.29 is 17.9 Å². The van der Waals surface area contributed by atoms with Crippen LogP contribution in [0.1, 0.15) is 24.0 Å². The molecule has 0 aliphatic rings. The minimum absolute atomic E-state index is 0.0618. The summed E-state index contributed by atoms with van der Waals surface area (Å²) < 4.78 is 29.9. The van der Waals surface area contributed by atoms with E-state index in [1.54, 1.807) is 18.3 Å². The van der Waals surface area contributed by atoms with E-state index < -0.39 is 10.0 Å². The van der Waals surface area contributed by atoms with Crippen molar-refractivity contribution >= 4 is 16.1 Å². The lowest BCUT2D eigenvalue weighted by molar-refractivity contribution is 0.242.